The SMILES string of the molecule is CS(=O)(=O)c1ccc(-c2cccn3nc(-c4[c]cn(C5CCNCC5)n4)nc23)cc1. The minimum atomic E-state index is -3.24. The van der Waals surface area contributed by atoms with E-state index in [-0.39, 0.29) is 0 Å². The highest BCUT2D eigenvalue weighted by molar-refractivity contribution is 7.90. The van der Waals surface area contributed by atoms with Crippen molar-refractivity contribution >= 4 is 15.5 Å². The summed E-state index contributed by atoms with van der Waals surface area (Å²) in [6, 6.07) is 14.2. The van der Waals surface area contributed by atoms with E-state index in [1.54, 1.807) is 28.8 Å². The van der Waals surface area contributed by atoms with Crippen molar-refractivity contribution in [1.82, 2.24) is 29.7 Å². The molecular weight excluding hydrogens is 400 g/mol. The number of hydrogen-bond donors (Lipinski definition) is 1. The summed E-state index contributed by atoms with van der Waals surface area (Å²) in [5.74, 6) is 0.517. The first-order valence-electron chi connectivity index (χ1n) is 9.83. The van der Waals surface area contributed by atoms with Crippen LogP contribution in [0.5, 0.6) is 0 Å². The highest BCUT2D eigenvalue weighted by Crippen LogP contribution is 2.27. The van der Waals surface area contributed by atoms with Crippen LogP contribution in [0.4, 0.5) is 0 Å². The number of piperidine rings is 1. The molecule has 1 fully saturated rings. The van der Waals surface area contributed by atoms with Gasteiger partial charge in [0.25, 0.3) is 0 Å². The van der Waals surface area contributed by atoms with Gasteiger partial charge in [-0.1, -0.05) is 12.1 Å². The summed E-state index contributed by atoms with van der Waals surface area (Å²) >= 11 is 0. The molecule has 1 aliphatic rings. The molecule has 1 N–H and O–H groups in total. The summed E-state index contributed by atoms with van der Waals surface area (Å²) in [5.41, 5.74) is 3.05. The molecule has 1 saturated heterocycles. The number of fused-ring (bicyclic) bond motifs is 1. The normalized spacial score (nSPS) is 15.6. The second-order valence-corrected chi connectivity index (χ2v) is 9.52. The fraction of sp³-hybridized carbons (Fsp3) is 0.286. The third-order valence-electron chi connectivity index (χ3n) is 5.40. The molecule has 4 aromatic rings. The molecule has 3 aromatic heterocycles. The number of nitrogens with one attached hydrogen (secondary N) is 1. The third-order valence-corrected chi connectivity index (χ3v) is 6.53. The molecule has 9 heteroatoms. The molecule has 0 bridgehead atoms. The van der Waals surface area contributed by atoms with Gasteiger partial charge in [-0.2, -0.15) is 5.10 Å². The first kappa shape index (κ1) is 19.0. The van der Waals surface area contributed by atoms with Crippen LogP contribution in [0.25, 0.3) is 28.3 Å². The van der Waals surface area contributed by atoms with Crippen LogP contribution < -0.4 is 5.32 Å². The maximum atomic E-state index is 11.7. The van der Waals surface area contributed by atoms with E-state index in [1.165, 1.54) is 6.26 Å². The molecule has 4 heterocycles. The van der Waals surface area contributed by atoms with Gasteiger partial charge in [0.1, 0.15) is 5.69 Å². The molecule has 0 amide bonds. The third kappa shape index (κ3) is 3.50. The Morgan fingerprint density at radius 2 is 1.87 bits per heavy atom. The number of pyridine rings is 1. The quantitative estimate of drug-likeness (QED) is 0.544. The van der Waals surface area contributed by atoms with E-state index in [0.29, 0.717) is 28.1 Å². The molecule has 1 aliphatic heterocycles. The first-order chi connectivity index (χ1) is 14.5. The van der Waals surface area contributed by atoms with Crippen molar-refractivity contribution < 1.29 is 8.42 Å². The van der Waals surface area contributed by atoms with Crippen molar-refractivity contribution in [2.24, 2.45) is 0 Å². The van der Waals surface area contributed by atoms with Crippen LogP contribution >= 0.6 is 0 Å². The van der Waals surface area contributed by atoms with Gasteiger partial charge < -0.3 is 5.32 Å². The first-order valence-corrected chi connectivity index (χ1v) is 11.7. The van der Waals surface area contributed by atoms with Crippen molar-refractivity contribution in [2.45, 2.75) is 23.8 Å². The van der Waals surface area contributed by atoms with Crippen molar-refractivity contribution in [3.63, 3.8) is 0 Å². The molecule has 30 heavy (non-hydrogen) atoms. The number of benzene rings is 1. The van der Waals surface area contributed by atoms with Crippen LogP contribution in [-0.2, 0) is 9.84 Å². The number of rotatable bonds is 4. The van der Waals surface area contributed by atoms with Crippen LogP contribution in [0, 0.1) is 6.07 Å². The second-order valence-electron chi connectivity index (χ2n) is 7.51. The average molecular weight is 422 g/mol. The number of hydrogen-bond acceptors (Lipinski definition) is 6. The van der Waals surface area contributed by atoms with Gasteiger partial charge in [0.15, 0.2) is 15.5 Å². The van der Waals surface area contributed by atoms with E-state index in [4.69, 9.17) is 4.98 Å². The Hall–Kier alpha value is -3.04. The van der Waals surface area contributed by atoms with Gasteiger partial charge in [-0.3, -0.25) is 4.68 Å². The molecular formula is C21H21N6O2S. The minimum Gasteiger partial charge on any atom is -0.317 e. The Balaban J connectivity index is 1.51. The van der Waals surface area contributed by atoms with Gasteiger partial charge in [-0.15, -0.1) is 5.10 Å². The zero-order valence-electron chi connectivity index (χ0n) is 16.5. The number of sulfone groups is 1. The summed E-state index contributed by atoms with van der Waals surface area (Å²) < 4.78 is 27.1. The molecule has 1 aromatic carbocycles. The molecule has 8 nitrogen and oxygen atoms in total. The molecule has 0 saturated carbocycles. The molecule has 0 atom stereocenters. The maximum Gasteiger partial charge on any atom is 0.203 e. The van der Waals surface area contributed by atoms with Crippen LogP contribution in [0.2, 0.25) is 0 Å². The Morgan fingerprint density at radius 3 is 2.60 bits per heavy atom. The lowest BCUT2D eigenvalue weighted by Crippen LogP contribution is -2.29. The summed E-state index contributed by atoms with van der Waals surface area (Å²) in [5, 5.41) is 12.6. The Kier molecular flexibility index (Phi) is 4.63. The number of nitrogens with zero attached hydrogens (tertiary/aromatic N) is 5. The molecule has 5 rings (SSSR count). The Bertz CT molecular complexity index is 1300. The summed E-state index contributed by atoms with van der Waals surface area (Å²) in [7, 11) is -3.24. The molecule has 0 unspecified atom stereocenters. The van der Waals surface area contributed by atoms with Gasteiger partial charge >= 0.3 is 0 Å². The van der Waals surface area contributed by atoms with Crippen molar-refractivity contribution in [3.8, 4) is 22.6 Å². The monoisotopic (exact) mass is 421 g/mol. The van der Waals surface area contributed by atoms with Gasteiger partial charge in [0, 0.05) is 30.3 Å². The zero-order valence-corrected chi connectivity index (χ0v) is 17.3. The van der Waals surface area contributed by atoms with Crippen molar-refractivity contribution in [2.75, 3.05) is 19.3 Å². The van der Waals surface area contributed by atoms with Gasteiger partial charge in [-0.05, 0) is 55.8 Å². The topological polar surface area (TPSA) is 94.2 Å². The van der Waals surface area contributed by atoms with E-state index in [1.807, 2.05) is 29.2 Å². The van der Waals surface area contributed by atoms with Gasteiger partial charge in [0.2, 0.25) is 5.82 Å². The Morgan fingerprint density at radius 1 is 1.10 bits per heavy atom. The lowest BCUT2D eigenvalue weighted by Gasteiger charge is -2.22. The minimum absolute atomic E-state index is 0.290. The highest BCUT2D eigenvalue weighted by atomic mass is 32.2. The second kappa shape index (κ2) is 7.33. The zero-order chi connectivity index (χ0) is 20.7. The summed E-state index contributed by atoms with van der Waals surface area (Å²) in [6.45, 7) is 1.99. The largest absolute Gasteiger partial charge is 0.317 e. The van der Waals surface area contributed by atoms with Gasteiger partial charge in [-0.25, -0.2) is 17.9 Å². The van der Waals surface area contributed by atoms with Gasteiger partial charge in [0.05, 0.1) is 10.9 Å². The van der Waals surface area contributed by atoms with Crippen LogP contribution in [0.15, 0.2) is 53.7 Å². The molecule has 0 spiro atoms. The predicted octanol–water partition coefficient (Wildman–Crippen LogP) is 2.39. The predicted molar refractivity (Wildman–Crippen MR) is 113 cm³/mol. The van der Waals surface area contributed by atoms with E-state index in [9.17, 15) is 8.42 Å². The Labute approximate surface area is 174 Å². The van der Waals surface area contributed by atoms with Crippen LogP contribution in [0.3, 0.4) is 0 Å². The van der Waals surface area contributed by atoms with Crippen molar-refractivity contribution in [3.05, 3.63) is 54.9 Å². The fourth-order valence-corrected chi connectivity index (χ4v) is 4.41. The van der Waals surface area contributed by atoms with E-state index >= 15 is 0 Å². The summed E-state index contributed by atoms with van der Waals surface area (Å²) in [4.78, 5) is 4.99. The number of aromatic nitrogens is 5. The van der Waals surface area contributed by atoms with Crippen molar-refractivity contribution in [1.29, 1.82) is 0 Å². The maximum absolute atomic E-state index is 11.7. The van der Waals surface area contributed by atoms with E-state index in [0.717, 1.165) is 37.1 Å². The van der Waals surface area contributed by atoms with E-state index in [2.05, 4.69) is 21.6 Å². The van der Waals surface area contributed by atoms with Crippen LogP contribution in [0.1, 0.15) is 18.9 Å². The smallest absolute Gasteiger partial charge is 0.203 e. The lowest BCUT2D eigenvalue weighted by atomic mass is 10.1. The molecule has 0 aliphatic carbocycles. The summed E-state index contributed by atoms with van der Waals surface area (Å²) in [6.07, 6.45) is 7.00. The highest BCUT2D eigenvalue weighted by Gasteiger charge is 2.18. The lowest BCUT2D eigenvalue weighted by molar-refractivity contribution is 0.343. The average Bonchev–Trinajstić information content (AvgIpc) is 3.41. The molecule has 153 valence electrons. The standard InChI is InChI=1S/C21H21N6O2S/c1-30(28,29)17-6-4-15(5-7-17)18-3-2-13-27-21(18)23-20(25-27)19-10-14-26(24-19)16-8-11-22-12-9-16/h2-7,13-14,16,22H,8-9,11-12H2,1H3. The fourth-order valence-electron chi connectivity index (χ4n) is 3.78. The van der Waals surface area contributed by atoms with Crippen LogP contribution in [-0.4, -0.2) is 52.1 Å². The van der Waals surface area contributed by atoms with E-state index < -0.39 is 9.84 Å². The molecule has 1 radical (unpaired) electrons.